The Balaban J connectivity index is 2.56. The summed E-state index contributed by atoms with van der Waals surface area (Å²) in [7, 11) is 1.22. The molecule has 0 aliphatic carbocycles. The SMILES string of the molecule is O=C(O)c1cccc([B]c2cccc(C(=O)O)c2C(=O)O)c1O. The molecule has 8 heteroatoms. The lowest BCUT2D eigenvalue weighted by molar-refractivity contribution is 0.0652. The summed E-state index contributed by atoms with van der Waals surface area (Å²) in [6.45, 7) is 0. The van der Waals surface area contributed by atoms with Crippen LogP contribution in [0.25, 0.3) is 0 Å². The van der Waals surface area contributed by atoms with Gasteiger partial charge in [0.05, 0.1) is 11.1 Å². The minimum atomic E-state index is -1.44. The summed E-state index contributed by atoms with van der Waals surface area (Å²) in [4.78, 5) is 33.5. The highest BCUT2D eigenvalue weighted by atomic mass is 16.4. The second kappa shape index (κ2) is 6.23. The molecule has 23 heavy (non-hydrogen) atoms. The van der Waals surface area contributed by atoms with Crippen LogP contribution >= 0.6 is 0 Å². The first kappa shape index (κ1) is 16.1. The molecule has 115 valence electrons. The highest BCUT2D eigenvalue weighted by molar-refractivity contribution is 6.69. The van der Waals surface area contributed by atoms with Gasteiger partial charge in [0, 0.05) is 0 Å². The van der Waals surface area contributed by atoms with Crippen LogP contribution in [0.1, 0.15) is 31.1 Å². The van der Waals surface area contributed by atoms with E-state index >= 15 is 0 Å². The number of benzene rings is 2. The quantitative estimate of drug-likeness (QED) is 0.577. The zero-order chi connectivity index (χ0) is 17.1. The number of carboxylic acids is 3. The van der Waals surface area contributed by atoms with Crippen molar-refractivity contribution in [2.45, 2.75) is 0 Å². The van der Waals surface area contributed by atoms with E-state index in [1.54, 1.807) is 0 Å². The van der Waals surface area contributed by atoms with E-state index in [2.05, 4.69) is 0 Å². The summed E-state index contributed by atoms with van der Waals surface area (Å²) < 4.78 is 0. The molecule has 2 aromatic carbocycles. The Labute approximate surface area is 130 Å². The summed E-state index contributed by atoms with van der Waals surface area (Å²) in [6, 6.07) is 7.84. The number of rotatable bonds is 5. The zero-order valence-corrected chi connectivity index (χ0v) is 11.6. The van der Waals surface area contributed by atoms with E-state index in [0.29, 0.717) is 0 Å². The van der Waals surface area contributed by atoms with Gasteiger partial charge in [-0.25, -0.2) is 14.4 Å². The standard InChI is InChI=1S/C15H10BO7/c17-12-8(14(20)21)4-2-6-10(12)16-9-5-1-3-7(13(18)19)11(9)15(22)23/h1-6,17H,(H,18,19)(H,20,21)(H,22,23). The Morgan fingerprint density at radius 1 is 0.739 bits per heavy atom. The lowest BCUT2D eigenvalue weighted by Gasteiger charge is -2.10. The van der Waals surface area contributed by atoms with Crippen LogP contribution in [0, 0.1) is 0 Å². The van der Waals surface area contributed by atoms with Crippen molar-refractivity contribution >= 4 is 36.1 Å². The molecular weight excluding hydrogens is 303 g/mol. The van der Waals surface area contributed by atoms with Crippen LogP contribution in [0.15, 0.2) is 36.4 Å². The number of hydrogen-bond acceptors (Lipinski definition) is 4. The van der Waals surface area contributed by atoms with Crippen LogP contribution < -0.4 is 10.9 Å². The third-order valence-corrected chi connectivity index (χ3v) is 3.15. The van der Waals surface area contributed by atoms with Crippen molar-refractivity contribution in [3.05, 3.63) is 53.1 Å². The minimum Gasteiger partial charge on any atom is -0.508 e. The van der Waals surface area contributed by atoms with Gasteiger partial charge in [0.2, 0.25) is 0 Å². The van der Waals surface area contributed by atoms with Crippen LogP contribution in [-0.2, 0) is 0 Å². The molecule has 0 fully saturated rings. The molecule has 0 atom stereocenters. The number of aromatic hydroxyl groups is 1. The number of carbonyl (C=O) groups is 3. The maximum atomic E-state index is 11.4. The first-order chi connectivity index (χ1) is 10.8. The molecule has 2 rings (SSSR count). The van der Waals surface area contributed by atoms with Crippen LogP contribution in [0.2, 0.25) is 0 Å². The molecule has 0 saturated heterocycles. The van der Waals surface area contributed by atoms with Gasteiger partial charge in [-0.2, -0.15) is 0 Å². The number of hydrogen-bond donors (Lipinski definition) is 4. The van der Waals surface area contributed by atoms with Gasteiger partial charge in [-0.15, -0.1) is 0 Å². The average molecular weight is 313 g/mol. The molecular formula is C15H10BO7. The second-order valence-electron chi connectivity index (χ2n) is 4.57. The van der Waals surface area contributed by atoms with Gasteiger partial charge in [-0.05, 0) is 17.6 Å². The highest BCUT2D eigenvalue weighted by Gasteiger charge is 2.22. The second-order valence-corrected chi connectivity index (χ2v) is 4.57. The number of aromatic carboxylic acids is 3. The van der Waals surface area contributed by atoms with Gasteiger partial charge in [-0.1, -0.05) is 29.7 Å². The fourth-order valence-electron chi connectivity index (χ4n) is 2.13. The van der Waals surface area contributed by atoms with Crippen molar-refractivity contribution in [3.8, 4) is 5.75 Å². The van der Waals surface area contributed by atoms with Crippen molar-refractivity contribution in [2.24, 2.45) is 0 Å². The van der Waals surface area contributed by atoms with Crippen LogP contribution in [0.3, 0.4) is 0 Å². The molecule has 0 saturated carbocycles. The number of carboxylic acid groups (broad SMARTS) is 3. The lowest BCUT2D eigenvalue weighted by Crippen LogP contribution is -2.34. The molecule has 4 N–H and O–H groups in total. The molecule has 0 aliphatic heterocycles. The monoisotopic (exact) mass is 313 g/mol. The van der Waals surface area contributed by atoms with E-state index in [0.717, 1.165) is 6.07 Å². The molecule has 0 unspecified atom stereocenters. The molecule has 0 heterocycles. The Morgan fingerprint density at radius 2 is 1.26 bits per heavy atom. The molecule has 0 spiro atoms. The van der Waals surface area contributed by atoms with Gasteiger partial charge in [0.15, 0.2) is 7.28 Å². The van der Waals surface area contributed by atoms with E-state index in [9.17, 15) is 24.6 Å². The molecule has 0 aromatic heterocycles. The minimum absolute atomic E-state index is 0.0373. The summed E-state index contributed by atoms with van der Waals surface area (Å²) in [5.74, 6) is -4.71. The van der Waals surface area contributed by atoms with E-state index in [1.807, 2.05) is 0 Å². The molecule has 1 radical (unpaired) electrons. The third-order valence-electron chi connectivity index (χ3n) is 3.15. The Morgan fingerprint density at radius 3 is 1.78 bits per heavy atom. The fraction of sp³-hybridized carbons (Fsp3) is 0. The molecule has 0 bridgehead atoms. The van der Waals surface area contributed by atoms with Gasteiger partial charge in [-0.3, -0.25) is 0 Å². The Kier molecular flexibility index (Phi) is 4.36. The van der Waals surface area contributed by atoms with E-state index in [-0.39, 0.29) is 16.5 Å². The first-order valence-electron chi connectivity index (χ1n) is 6.32. The summed E-state index contributed by atoms with van der Waals surface area (Å²) in [5.41, 5.74) is -1.09. The maximum absolute atomic E-state index is 11.4. The predicted molar refractivity (Wildman–Crippen MR) is 80.4 cm³/mol. The molecule has 7 nitrogen and oxygen atoms in total. The molecule has 2 aromatic rings. The van der Waals surface area contributed by atoms with Gasteiger partial charge >= 0.3 is 17.9 Å². The van der Waals surface area contributed by atoms with E-state index in [4.69, 9.17) is 10.2 Å². The third kappa shape index (κ3) is 3.15. The lowest BCUT2D eigenvalue weighted by atomic mass is 9.61. The predicted octanol–water partition coefficient (Wildman–Crippen LogP) is 0.142. The van der Waals surface area contributed by atoms with Gasteiger partial charge in [0.1, 0.15) is 11.3 Å². The zero-order valence-electron chi connectivity index (χ0n) is 11.6. The van der Waals surface area contributed by atoms with Gasteiger partial charge < -0.3 is 20.4 Å². The Bertz CT molecular complexity index is 813. The molecule has 0 amide bonds. The number of para-hydroxylation sites is 1. The van der Waals surface area contributed by atoms with E-state index < -0.39 is 34.8 Å². The van der Waals surface area contributed by atoms with E-state index in [1.165, 1.54) is 37.6 Å². The largest absolute Gasteiger partial charge is 0.508 e. The van der Waals surface area contributed by atoms with Crippen molar-refractivity contribution in [3.63, 3.8) is 0 Å². The van der Waals surface area contributed by atoms with Crippen molar-refractivity contribution in [2.75, 3.05) is 0 Å². The van der Waals surface area contributed by atoms with Crippen LogP contribution in [0.4, 0.5) is 0 Å². The van der Waals surface area contributed by atoms with Crippen LogP contribution in [-0.4, -0.2) is 45.6 Å². The summed E-state index contributed by atoms with van der Waals surface area (Å²) in [5, 5.41) is 37.2. The topological polar surface area (TPSA) is 132 Å². The first-order valence-corrected chi connectivity index (χ1v) is 6.32. The van der Waals surface area contributed by atoms with Crippen molar-refractivity contribution in [1.82, 2.24) is 0 Å². The fourth-order valence-corrected chi connectivity index (χ4v) is 2.13. The smallest absolute Gasteiger partial charge is 0.339 e. The summed E-state index contributed by atoms with van der Waals surface area (Å²) in [6.07, 6.45) is 0. The van der Waals surface area contributed by atoms with Crippen molar-refractivity contribution in [1.29, 1.82) is 0 Å². The Hall–Kier alpha value is -3.29. The van der Waals surface area contributed by atoms with Crippen LogP contribution in [0.5, 0.6) is 5.75 Å². The molecule has 0 aliphatic rings. The summed E-state index contributed by atoms with van der Waals surface area (Å²) >= 11 is 0. The maximum Gasteiger partial charge on any atom is 0.339 e. The normalized spacial score (nSPS) is 10.1. The van der Waals surface area contributed by atoms with Crippen molar-refractivity contribution < 1.29 is 34.8 Å². The highest BCUT2D eigenvalue weighted by Crippen LogP contribution is 2.14. The number of phenols is 1. The average Bonchev–Trinajstić information content (AvgIpc) is 2.48. The van der Waals surface area contributed by atoms with Gasteiger partial charge in [0.25, 0.3) is 0 Å².